The summed E-state index contributed by atoms with van der Waals surface area (Å²) in [5.74, 6) is 0. The minimum atomic E-state index is 0.515. The van der Waals surface area contributed by atoms with Crippen LogP contribution in [-0.2, 0) is 0 Å². The summed E-state index contributed by atoms with van der Waals surface area (Å²) in [5.41, 5.74) is 1.17. The van der Waals surface area contributed by atoms with Gasteiger partial charge in [-0.2, -0.15) is 0 Å². The third-order valence-electron chi connectivity index (χ3n) is 0.884. The molecule has 0 saturated heterocycles. The van der Waals surface area contributed by atoms with Gasteiger partial charge in [0.2, 0.25) is 0 Å². The molecule has 0 aliphatic rings. The molecule has 1 heteroatoms. The van der Waals surface area contributed by atoms with Gasteiger partial charge in [0, 0.05) is 11.7 Å². The Morgan fingerprint density at radius 1 is 1.56 bits per heavy atom. The zero-order valence-electron chi connectivity index (χ0n) is 6.44. The fourth-order valence-electron chi connectivity index (χ4n) is 0.680. The number of rotatable bonds is 3. The van der Waals surface area contributed by atoms with Crippen molar-refractivity contribution in [2.45, 2.75) is 26.8 Å². The summed E-state index contributed by atoms with van der Waals surface area (Å²) in [4.78, 5) is 0. The number of nitrogens with one attached hydrogen (secondary N) is 1. The Morgan fingerprint density at radius 2 is 2.11 bits per heavy atom. The minimum Gasteiger partial charge on any atom is -0.386 e. The van der Waals surface area contributed by atoms with E-state index in [1.54, 1.807) is 6.08 Å². The maximum atomic E-state index is 3.59. The molecule has 0 fully saturated rings. The van der Waals surface area contributed by atoms with Crippen molar-refractivity contribution in [3.05, 3.63) is 24.4 Å². The molecule has 0 aromatic heterocycles. The standard InChI is InChI=1S/C8H15N/c1-5-6-8(4)9-7(2)3/h5-7,9H,1H2,2-4H3/b8-6+. The molecule has 0 atom stereocenters. The lowest BCUT2D eigenvalue weighted by atomic mass is 10.3. The Morgan fingerprint density at radius 3 is 2.44 bits per heavy atom. The molecule has 0 aliphatic carbocycles. The lowest BCUT2D eigenvalue weighted by Gasteiger charge is -2.08. The molecule has 0 saturated carbocycles. The van der Waals surface area contributed by atoms with Crippen LogP contribution in [0.5, 0.6) is 0 Å². The molecule has 0 spiro atoms. The molecule has 0 heterocycles. The van der Waals surface area contributed by atoms with Gasteiger partial charge in [0.05, 0.1) is 0 Å². The predicted octanol–water partition coefficient (Wildman–Crippen LogP) is 2.07. The van der Waals surface area contributed by atoms with Crippen LogP contribution in [0.3, 0.4) is 0 Å². The molecular weight excluding hydrogens is 110 g/mol. The van der Waals surface area contributed by atoms with Crippen molar-refractivity contribution in [1.29, 1.82) is 0 Å². The summed E-state index contributed by atoms with van der Waals surface area (Å²) in [5, 5.41) is 3.23. The van der Waals surface area contributed by atoms with E-state index in [0.717, 1.165) is 0 Å². The summed E-state index contributed by atoms with van der Waals surface area (Å²) in [6.07, 6.45) is 3.74. The zero-order chi connectivity index (χ0) is 7.28. The van der Waals surface area contributed by atoms with Crippen LogP contribution < -0.4 is 5.32 Å². The molecule has 0 aliphatic heterocycles. The van der Waals surface area contributed by atoms with Crippen LogP contribution >= 0.6 is 0 Å². The summed E-state index contributed by atoms with van der Waals surface area (Å²) < 4.78 is 0. The fourth-order valence-corrected chi connectivity index (χ4v) is 0.680. The second-order valence-corrected chi connectivity index (χ2v) is 2.38. The van der Waals surface area contributed by atoms with E-state index >= 15 is 0 Å². The van der Waals surface area contributed by atoms with Gasteiger partial charge in [0.1, 0.15) is 0 Å². The van der Waals surface area contributed by atoms with Crippen molar-refractivity contribution < 1.29 is 0 Å². The van der Waals surface area contributed by atoms with E-state index in [2.05, 4.69) is 25.7 Å². The summed E-state index contributed by atoms with van der Waals surface area (Å²) >= 11 is 0. The van der Waals surface area contributed by atoms with Crippen molar-refractivity contribution in [3.63, 3.8) is 0 Å². The predicted molar refractivity (Wildman–Crippen MR) is 42.2 cm³/mol. The van der Waals surface area contributed by atoms with Crippen LogP contribution in [0.1, 0.15) is 20.8 Å². The van der Waals surface area contributed by atoms with Crippen LogP contribution in [0.2, 0.25) is 0 Å². The van der Waals surface area contributed by atoms with Crippen molar-refractivity contribution in [1.82, 2.24) is 5.32 Å². The van der Waals surface area contributed by atoms with Gasteiger partial charge in [0.15, 0.2) is 0 Å². The Bertz CT molecular complexity index is 112. The zero-order valence-corrected chi connectivity index (χ0v) is 6.44. The van der Waals surface area contributed by atoms with Gasteiger partial charge in [0.25, 0.3) is 0 Å². The summed E-state index contributed by atoms with van der Waals surface area (Å²) in [6, 6.07) is 0.515. The average Bonchev–Trinajstić information content (AvgIpc) is 1.63. The quantitative estimate of drug-likeness (QED) is 0.569. The highest BCUT2D eigenvalue weighted by atomic mass is 14.9. The molecule has 1 N–H and O–H groups in total. The van der Waals surface area contributed by atoms with Crippen molar-refractivity contribution in [3.8, 4) is 0 Å². The van der Waals surface area contributed by atoms with Gasteiger partial charge in [-0.25, -0.2) is 0 Å². The molecule has 0 unspecified atom stereocenters. The Balaban J connectivity index is 3.61. The van der Waals surface area contributed by atoms with Crippen LogP contribution in [0.15, 0.2) is 24.4 Å². The van der Waals surface area contributed by atoms with E-state index in [1.165, 1.54) is 5.70 Å². The van der Waals surface area contributed by atoms with Gasteiger partial charge in [-0.05, 0) is 26.8 Å². The molecule has 0 aromatic carbocycles. The van der Waals surface area contributed by atoms with Gasteiger partial charge >= 0.3 is 0 Å². The van der Waals surface area contributed by atoms with Gasteiger partial charge < -0.3 is 5.32 Å². The molecule has 52 valence electrons. The molecular formula is C8H15N. The Labute approximate surface area is 57.5 Å². The van der Waals surface area contributed by atoms with Crippen molar-refractivity contribution in [2.24, 2.45) is 0 Å². The van der Waals surface area contributed by atoms with Crippen LogP contribution in [0.25, 0.3) is 0 Å². The average molecular weight is 125 g/mol. The van der Waals surface area contributed by atoms with E-state index in [-0.39, 0.29) is 0 Å². The third-order valence-corrected chi connectivity index (χ3v) is 0.884. The molecule has 0 aromatic rings. The Hall–Kier alpha value is -0.720. The van der Waals surface area contributed by atoms with E-state index in [4.69, 9.17) is 0 Å². The van der Waals surface area contributed by atoms with Gasteiger partial charge in [-0.3, -0.25) is 0 Å². The lowest BCUT2D eigenvalue weighted by Crippen LogP contribution is -2.19. The maximum absolute atomic E-state index is 3.59. The van der Waals surface area contributed by atoms with E-state index < -0.39 is 0 Å². The normalized spacial score (nSPS) is 11.8. The number of hydrogen-bond acceptors (Lipinski definition) is 1. The molecule has 0 bridgehead atoms. The third kappa shape index (κ3) is 5.15. The number of allylic oxidation sites excluding steroid dienone is 3. The van der Waals surface area contributed by atoms with Crippen molar-refractivity contribution >= 4 is 0 Å². The Kier molecular flexibility index (Phi) is 3.85. The van der Waals surface area contributed by atoms with E-state index in [0.29, 0.717) is 6.04 Å². The fraction of sp³-hybridized carbons (Fsp3) is 0.500. The highest BCUT2D eigenvalue weighted by molar-refractivity contribution is 5.06. The maximum Gasteiger partial charge on any atom is 0.0201 e. The second-order valence-electron chi connectivity index (χ2n) is 2.38. The highest BCUT2D eigenvalue weighted by Crippen LogP contribution is 1.88. The topological polar surface area (TPSA) is 12.0 Å². The first-order valence-corrected chi connectivity index (χ1v) is 3.22. The van der Waals surface area contributed by atoms with Crippen LogP contribution in [-0.4, -0.2) is 6.04 Å². The van der Waals surface area contributed by atoms with E-state index in [9.17, 15) is 0 Å². The van der Waals surface area contributed by atoms with Crippen LogP contribution in [0.4, 0.5) is 0 Å². The molecule has 0 amide bonds. The number of hydrogen-bond donors (Lipinski definition) is 1. The SMILES string of the molecule is C=C/C=C(\C)NC(C)C. The first-order valence-electron chi connectivity index (χ1n) is 3.22. The summed E-state index contributed by atoms with van der Waals surface area (Å²) in [7, 11) is 0. The van der Waals surface area contributed by atoms with Gasteiger partial charge in [-0.15, -0.1) is 0 Å². The molecule has 1 nitrogen and oxygen atoms in total. The first-order chi connectivity index (χ1) is 4.16. The van der Waals surface area contributed by atoms with Crippen molar-refractivity contribution in [2.75, 3.05) is 0 Å². The lowest BCUT2D eigenvalue weighted by molar-refractivity contribution is 0.669. The minimum absolute atomic E-state index is 0.515. The largest absolute Gasteiger partial charge is 0.386 e. The molecule has 0 radical (unpaired) electrons. The monoisotopic (exact) mass is 125 g/mol. The smallest absolute Gasteiger partial charge is 0.0201 e. The van der Waals surface area contributed by atoms with E-state index in [1.807, 2.05) is 13.0 Å². The molecule has 0 rings (SSSR count). The second kappa shape index (κ2) is 4.19. The highest BCUT2D eigenvalue weighted by Gasteiger charge is 1.88. The molecule has 9 heavy (non-hydrogen) atoms. The first kappa shape index (κ1) is 8.28. The van der Waals surface area contributed by atoms with Gasteiger partial charge in [-0.1, -0.05) is 12.7 Å². The summed E-state index contributed by atoms with van der Waals surface area (Å²) in [6.45, 7) is 9.84. The van der Waals surface area contributed by atoms with Crippen LogP contribution in [0, 0.1) is 0 Å².